The smallest absolute Gasteiger partial charge is 0.115 e. The van der Waals surface area contributed by atoms with Gasteiger partial charge in [-0.15, -0.1) is 0 Å². The van der Waals surface area contributed by atoms with Gasteiger partial charge in [0.25, 0.3) is 0 Å². The van der Waals surface area contributed by atoms with E-state index in [1.165, 1.54) is 0 Å². The third kappa shape index (κ3) is 15.5. The summed E-state index contributed by atoms with van der Waals surface area (Å²) in [6, 6.07) is 34.9. The van der Waals surface area contributed by atoms with Crippen molar-refractivity contribution < 1.29 is 41.5 Å². The van der Waals surface area contributed by atoms with Crippen LogP contribution in [0.25, 0.3) is 0 Å². The molecule has 0 amide bonds. The van der Waals surface area contributed by atoms with Crippen LogP contribution in [0.3, 0.4) is 0 Å². The molecule has 0 fully saturated rings. The van der Waals surface area contributed by atoms with Crippen LogP contribution in [0.15, 0.2) is 121 Å². The molecule has 0 atom stereocenters. The van der Waals surface area contributed by atoms with Crippen LogP contribution < -0.4 is 0 Å². The zero-order valence-electron chi connectivity index (χ0n) is 15.7. The Morgan fingerprint density at radius 3 is 0.483 bits per heavy atom. The Kier molecular flexibility index (Phi) is 15.0. The van der Waals surface area contributed by atoms with Gasteiger partial charge in [-0.3, -0.25) is 0 Å². The number of hydrogen-bond acceptors (Lipinski definition) is 4. The van der Waals surface area contributed by atoms with Crippen molar-refractivity contribution in [3.05, 3.63) is 121 Å². The molecule has 0 aromatic heterocycles. The monoisotopic (exact) mass is 474 g/mol. The van der Waals surface area contributed by atoms with Crippen LogP contribution in [0.5, 0.6) is 23.0 Å². The number of phenols is 4. The zero-order chi connectivity index (χ0) is 20.5. The van der Waals surface area contributed by atoms with Crippen molar-refractivity contribution in [1.29, 1.82) is 0 Å². The van der Waals surface area contributed by atoms with Gasteiger partial charge in [0.05, 0.1) is 0 Å². The summed E-state index contributed by atoms with van der Waals surface area (Å²) in [6.07, 6.45) is 0. The number of benzene rings is 4. The molecule has 4 aromatic rings. The maximum atomic E-state index is 8.63. The van der Waals surface area contributed by atoms with Crippen LogP contribution in [0, 0.1) is 0 Å². The van der Waals surface area contributed by atoms with Crippen molar-refractivity contribution in [2.45, 2.75) is 0 Å². The molecule has 4 N–H and O–H groups in total. The normalized spacial score (nSPS) is 8.28. The van der Waals surface area contributed by atoms with Crippen molar-refractivity contribution in [2.24, 2.45) is 0 Å². The molecule has 4 nitrogen and oxygen atoms in total. The Hall–Kier alpha value is -3.23. The predicted molar refractivity (Wildman–Crippen MR) is 112 cm³/mol. The van der Waals surface area contributed by atoms with Gasteiger partial charge in [-0.2, -0.15) is 0 Å². The largest absolute Gasteiger partial charge is 0.508 e. The average molecular weight is 472 g/mol. The van der Waals surface area contributed by atoms with E-state index in [2.05, 4.69) is 0 Å². The summed E-state index contributed by atoms with van der Waals surface area (Å²) in [4.78, 5) is 0. The standard InChI is InChI=1S/4C6H6O.Mo/c4*7-6-4-2-1-3-5-6;/h4*1-5,7H;. The molecule has 0 saturated heterocycles. The Labute approximate surface area is 185 Å². The van der Waals surface area contributed by atoms with Gasteiger partial charge in [0.1, 0.15) is 23.0 Å². The average Bonchev–Trinajstić information content (AvgIpc) is 2.72. The molecule has 0 aliphatic rings. The molecule has 0 radical (unpaired) electrons. The van der Waals surface area contributed by atoms with E-state index in [0.717, 1.165) is 0 Å². The molecule has 29 heavy (non-hydrogen) atoms. The van der Waals surface area contributed by atoms with E-state index in [9.17, 15) is 0 Å². The molecule has 0 aliphatic heterocycles. The number of para-hydroxylation sites is 4. The van der Waals surface area contributed by atoms with Crippen molar-refractivity contribution in [3.63, 3.8) is 0 Å². The number of rotatable bonds is 0. The second-order valence-electron chi connectivity index (χ2n) is 5.34. The summed E-state index contributed by atoms with van der Waals surface area (Å²) >= 11 is 0. The summed E-state index contributed by atoms with van der Waals surface area (Å²) in [5, 5.41) is 34.5. The third-order valence-corrected chi connectivity index (χ3v) is 3.02. The van der Waals surface area contributed by atoms with E-state index in [1.807, 2.05) is 24.3 Å². The Morgan fingerprint density at radius 1 is 0.276 bits per heavy atom. The van der Waals surface area contributed by atoms with Gasteiger partial charge in [-0.05, 0) is 48.5 Å². The minimum atomic E-state index is 0. The fraction of sp³-hybridized carbons (Fsp3) is 0. The Balaban J connectivity index is 0.000000356. The first-order valence-electron chi connectivity index (χ1n) is 8.54. The van der Waals surface area contributed by atoms with E-state index >= 15 is 0 Å². The topological polar surface area (TPSA) is 80.9 Å². The molecule has 4 rings (SSSR count). The van der Waals surface area contributed by atoms with E-state index in [4.69, 9.17) is 20.4 Å². The van der Waals surface area contributed by atoms with Gasteiger partial charge >= 0.3 is 0 Å². The molecule has 4 aromatic carbocycles. The van der Waals surface area contributed by atoms with Gasteiger partial charge in [0, 0.05) is 21.1 Å². The number of aromatic hydroxyl groups is 4. The summed E-state index contributed by atoms with van der Waals surface area (Å²) in [5.41, 5.74) is 0. The van der Waals surface area contributed by atoms with Gasteiger partial charge < -0.3 is 20.4 Å². The molecule has 0 spiro atoms. The van der Waals surface area contributed by atoms with Crippen LogP contribution in [0.4, 0.5) is 0 Å². The van der Waals surface area contributed by atoms with Gasteiger partial charge in [0.15, 0.2) is 0 Å². The fourth-order valence-corrected chi connectivity index (χ4v) is 1.71. The van der Waals surface area contributed by atoms with E-state index < -0.39 is 0 Å². The molecule has 0 bridgehead atoms. The molecular formula is C24H24MoO4. The summed E-state index contributed by atoms with van der Waals surface area (Å²) in [5.74, 6) is 1.29. The fourth-order valence-electron chi connectivity index (χ4n) is 1.71. The molecule has 0 heterocycles. The summed E-state index contributed by atoms with van der Waals surface area (Å²) in [6.45, 7) is 0. The molecular weight excluding hydrogens is 448 g/mol. The molecule has 0 unspecified atom stereocenters. The van der Waals surface area contributed by atoms with Crippen molar-refractivity contribution >= 4 is 0 Å². The number of hydrogen-bond donors (Lipinski definition) is 4. The zero-order valence-corrected chi connectivity index (χ0v) is 17.8. The minimum absolute atomic E-state index is 0. The summed E-state index contributed by atoms with van der Waals surface area (Å²) in [7, 11) is 0. The van der Waals surface area contributed by atoms with Crippen LogP contribution in [-0.2, 0) is 21.1 Å². The minimum Gasteiger partial charge on any atom is -0.508 e. The van der Waals surface area contributed by atoms with Gasteiger partial charge in [-0.25, -0.2) is 0 Å². The van der Waals surface area contributed by atoms with E-state index in [-0.39, 0.29) is 21.1 Å². The quantitative estimate of drug-likeness (QED) is 0.253. The second-order valence-corrected chi connectivity index (χ2v) is 5.34. The first-order valence-corrected chi connectivity index (χ1v) is 8.54. The maximum Gasteiger partial charge on any atom is 0.115 e. The van der Waals surface area contributed by atoms with E-state index in [0.29, 0.717) is 23.0 Å². The molecule has 0 saturated carbocycles. The van der Waals surface area contributed by atoms with Crippen LogP contribution >= 0.6 is 0 Å². The number of phenolic OH excluding ortho intramolecular Hbond substituents is 4. The predicted octanol–water partition coefficient (Wildman–Crippen LogP) is 5.57. The Morgan fingerprint density at radius 2 is 0.414 bits per heavy atom. The first-order chi connectivity index (χ1) is 13.6. The molecule has 150 valence electrons. The van der Waals surface area contributed by atoms with E-state index in [1.54, 1.807) is 97.1 Å². The van der Waals surface area contributed by atoms with Gasteiger partial charge in [0.2, 0.25) is 0 Å². The van der Waals surface area contributed by atoms with Crippen LogP contribution in [-0.4, -0.2) is 20.4 Å². The maximum absolute atomic E-state index is 8.63. The van der Waals surface area contributed by atoms with Gasteiger partial charge in [-0.1, -0.05) is 72.8 Å². The Bertz CT molecular complexity index is 693. The first kappa shape index (κ1) is 25.8. The van der Waals surface area contributed by atoms with Crippen molar-refractivity contribution in [2.75, 3.05) is 0 Å². The molecule has 5 heteroatoms. The summed E-state index contributed by atoms with van der Waals surface area (Å²) < 4.78 is 0. The third-order valence-electron chi connectivity index (χ3n) is 3.02. The van der Waals surface area contributed by atoms with Crippen LogP contribution in [0.1, 0.15) is 0 Å². The second kappa shape index (κ2) is 16.9. The molecule has 0 aliphatic carbocycles. The SMILES string of the molecule is Oc1ccccc1.Oc1ccccc1.Oc1ccccc1.Oc1ccccc1.[Mo]. The van der Waals surface area contributed by atoms with Crippen LogP contribution in [0.2, 0.25) is 0 Å². The van der Waals surface area contributed by atoms with Crippen molar-refractivity contribution in [1.82, 2.24) is 0 Å². The van der Waals surface area contributed by atoms with Crippen molar-refractivity contribution in [3.8, 4) is 23.0 Å².